The van der Waals surface area contributed by atoms with Gasteiger partial charge in [-0.15, -0.1) is 0 Å². The number of Topliss-reactive ketones (excluding diaryl/α,β-unsaturated/α-hetero) is 1. The van der Waals surface area contributed by atoms with Crippen LogP contribution in [0.1, 0.15) is 102 Å². The van der Waals surface area contributed by atoms with Gasteiger partial charge in [-0.25, -0.2) is 9.59 Å². The molecule has 0 saturated heterocycles. The topological polar surface area (TPSA) is 200 Å². The Kier molecular flexibility index (Phi) is 18.3. The molecule has 0 aliphatic rings. The van der Waals surface area contributed by atoms with Gasteiger partial charge in [0.2, 0.25) is 5.91 Å². The molecular formula is C37H50N2O10. The highest BCUT2D eigenvalue weighted by molar-refractivity contribution is 5.94. The van der Waals surface area contributed by atoms with Gasteiger partial charge < -0.3 is 30.5 Å². The van der Waals surface area contributed by atoms with Crippen LogP contribution in [-0.2, 0) is 37.0 Å². The summed E-state index contributed by atoms with van der Waals surface area (Å²) in [6.45, 7) is 2.42. The molecule has 1 aromatic heterocycles. The molecule has 0 saturated carbocycles. The lowest BCUT2D eigenvalue weighted by atomic mass is 9.82. The zero-order valence-corrected chi connectivity index (χ0v) is 28.2. The number of aliphatic carboxylic acids is 3. The summed E-state index contributed by atoms with van der Waals surface area (Å²) in [6.07, 6.45) is 14.5. The van der Waals surface area contributed by atoms with Crippen molar-refractivity contribution in [3.63, 3.8) is 0 Å². The van der Waals surface area contributed by atoms with Crippen LogP contribution in [0.5, 0.6) is 5.75 Å². The van der Waals surface area contributed by atoms with Gasteiger partial charge in [0.05, 0.1) is 12.3 Å². The Hall–Kier alpha value is -4.58. The van der Waals surface area contributed by atoms with Crippen molar-refractivity contribution in [3.05, 3.63) is 72.1 Å². The minimum Gasteiger partial charge on any atom is -0.489 e. The molecule has 0 bridgehead atoms. The number of allylic oxidation sites excluding steroid dienone is 1. The fraction of sp³-hybridized carbons (Fsp3) is 0.514. The lowest BCUT2D eigenvalue weighted by Crippen LogP contribution is -2.55. The second-order valence-electron chi connectivity index (χ2n) is 12.3. The Balaban J connectivity index is 1.98. The van der Waals surface area contributed by atoms with E-state index in [1.54, 1.807) is 42.7 Å². The normalized spacial score (nSPS) is 13.7. The molecule has 0 fully saturated rings. The number of carbonyl (C=O) groups is 5. The molecule has 1 aromatic carbocycles. The lowest BCUT2D eigenvalue weighted by Gasteiger charge is -2.29. The van der Waals surface area contributed by atoms with Gasteiger partial charge in [0, 0.05) is 37.2 Å². The number of hydrogen-bond donors (Lipinski definition) is 5. The van der Waals surface area contributed by atoms with E-state index in [-0.39, 0.29) is 18.8 Å². The summed E-state index contributed by atoms with van der Waals surface area (Å²) >= 11 is 0. The predicted molar refractivity (Wildman–Crippen MR) is 182 cm³/mol. The summed E-state index contributed by atoms with van der Waals surface area (Å²) < 4.78 is 5.71. The van der Waals surface area contributed by atoms with Crippen LogP contribution in [0.25, 0.3) is 0 Å². The summed E-state index contributed by atoms with van der Waals surface area (Å²) in [5, 5.41) is 42.2. The summed E-state index contributed by atoms with van der Waals surface area (Å²) in [6, 6.07) is 8.67. The van der Waals surface area contributed by atoms with Crippen LogP contribution in [0.2, 0.25) is 0 Å². The van der Waals surface area contributed by atoms with Crippen molar-refractivity contribution in [2.24, 2.45) is 5.92 Å². The third-order valence-electron chi connectivity index (χ3n) is 8.16. The molecule has 1 amide bonds. The molecule has 0 aliphatic carbocycles. The van der Waals surface area contributed by atoms with E-state index >= 15 is 0 Å². The molecule has 268 valence electrons. The average Bonchev–Trinajstić information content (AvgIpc) is 3.06. The molecule has 49 heavy (non-hydrogen) atoms. The zero-order valence-electron chi connectivity index (χ0n) is 28.2. The van der Waals surface area contributed by atoms with E-state index in [0.29, 0.717) is 37.0 Å². The van der Waals surface area contributed by atoms with Gasteiger partial charge in [-0.05, 0) is 49.4 Å². The predicted octanol–water partition coefficient (Wildman–Crippen LogP) is 5.51. The Morgan fingerprint density at radius 2 is 1.53 bits per heavy atom. The number of benzene rings is 1. The maximum atomic E-state index is 13.4. The number of carboxylic acid groups (broad SMARTS) is 3. The van der Waals surface area contributed by atoms with Crippen LogP contribution in [-0.4, -0.2) is 66.7 Å². The maximum Gasteiger partial charge on any atom is 0.337 e. The first-order chi connectivity index (χ1) is 23.5. The summed E-state index contributed by atoms with van der Waals surface area (Å²) in [7, 11) is 0. The van der Waals surface area contributed by atoms with Gasteiger partial charge in [-0.2, -0.15) is 0 Å². The third kappa shape index (κ3) is 15.5. The van der Waals surface area contributed by atoms with Crippen LogP contribution in [0.15, 0.2) is 60.9 Å². The van der Waals surface area contributed by atoms with Crippen molar-refractivity contribution in [2.75, 3.05) is 0 Å². The van der Waals surface area contributed by atoms with E-state index in [0.717, 1.165) is 56.6 Å². The monoisotopic (exact) mass is 682 g/mol. The molecule has 0 radical (unpaired) electrons. The van der Waals surface area contributed by atoms with Gasteiger partial charge >= 0.3 is 17.9 Å². The van der Waals surface area contributed by atoms with Crippen LogP contribution >= 0.6 is 0 Å². The number of amides is 1. The Labute approximate surface area is 287 Å². The Bertz CT molecular complexity index is 1360. The van der Waals surface area contributed by atoms with Gasteiger partial charge in [-0.1, -0.05) is 75.8 Å². The first-order valence-electron chi connectivity index (χ1n) is 17.0. The quantitative estimate of drug-likeness (QED) is 0.0619. The number of nitrogens with zero attached hydrogens (tertiary/aromatic N) is 1. The lowest BCUT2D eigenvalue weighted by molar-refractivity contribution is -0.172. The van der Waals surface area contributed by atoms with Crippen LogP contribution in [0, 0.1) is 5.92 Å². The largest absolute Gasteiger partial charge is 0.489 e. The number of rotatable bonds is 26. The molecule has 12 nitrogen and oxygen atoms in total. The fourth-order valence-electron chi connectivity index (χ4n) is 5.30. The smallest absolute Gasteiger partial charge is 0.337 e. The molecule has 0 aliphatic heterocycles. The van der Waals surface area contributed by atoms with E-state index in [1.807, 2.05) is 6.07 Å². The van der Waals surface area contributed by atoms with Crippen LogP contribution < -0.4 is 10.1 Å². The number of carboxylic acids is 3. The van der Waals surface area contributed by atoms with Crippen LogP contribution in [0.3, 0.4) is 0 Å². The molecular weight excluding hydrogens is 632 g/mol. The molecule has 0 spiro atoms. The molecule has 2 rings (SSSR count). The molecule has 1 heterocycles. The standard InChI is InChI=1S/C37H50N2O10/c1-2-3-4-7-10-15-29(40)16-11-8-5-6-9-12-17-31(37(48,36(46)47)24-33(41)42)34(43)39-32(35(44)45)23-27-18-20-30(21-19-27)49-26-28-14-13-22-38-25-28/h12-14,17-22,25,31-32,48H,2-11,15-16,23-24,26H2,1H3,(H,39,43)(H,41,42)(H,44,45)(H,46,47)/b17-12+/t31-,32-,37-/m0/s1. The van der Waals surface area contributed by atoms with E-state index < -0.39 is 47.8 Å². The summed E-state index contributed by atoms with van der Waals surface area (Å²) in [4.78, 5) is 65.1. The highest BCUT2D eigenvalue weighted by Crippen LogP contribution is 2.26. The van der Waals surface area contributed by atoms with Crippen molar-refractivity contribution < 1.29 is 49.1 Å². The average molecular weight is 683 g/mol. The van der Waals surface area contributed by atoms with Gasteiger partial charge in [0.1, 0.15) is 24.2 Å². The number of nitrogens with one attached hydrogen (secondary N) is 1. The number of aromatic nitrogens is 1. The van der Waals surface area contributed by atoms with Crippen molar-refractivity contribution in [1.82, 2.24) is 10.3 Å². The van der Waals surface area contributed by atoms with E-state index in [2.05, 4.69) is 17.2 Å². The van der Waals surface area contributed by atoms with Gasteiger partial charge in [0.25, 0.3) is 0 Å². The summed E-state index contributed by atoms with van der Waals surface area (Å²) in [5.41, 5.74) is -1.64. The molecule has 0 unspecified atom stereocenters. The summed E-state index contributed by atoms with van der Waals surface area (Å²) in [5.74, 6) is -7.22. The number of carbonyl (C=O) groups excluding carboxylic acids is 2. The second-order valence-corrected chi connectivity index (χ2v) is 12.3. The maximum absolute atomic E-state index is 13.4. The van der Waals surface area contributed by atoms with Crippen molar-refractivity contribution in [1.29, 1.82) is 0 Å². The van der Waals surface area contributed by atoms with Crippen molar-refractivity contribution >= 4 is 29.6 Å². The van der Waals surface area contributed by atoms with E-state index in [4.69, 9.17) is 4.74 Å². The van der Waals surface area contributed by atoms with Gasteiger partial charge in [-0.3, -0.25) is 19.4 Å². The SMILES string of the molecule is CCCCCCCC(=O)CCCCCC/C=C/[C@@H](C(=O)N[C@@H](Cc1ccc(OCc2cccnc2)cc1)C(=O)O)[C@@](O)(CC(=O)O)C(=O)O. The number of unbranched alkanes of at least 4 members (excludes halogenated alkanes) is 8. The second kappa shape index (κ2) is 22.1. The van der Waals surface area contributed by atoms with Crippen molar-refractivity contribution in [3.8, 4) is 5.75 Å². The van der Waals surface area contributed by atoms with E-state index in [9.17, 15) is 44.4 Å². The minimum absolute atomic E-state index is 0.174. The van der Waals surface area contributed by atoms with E-state index in [1.165, 1.54) is 12.5 Å². The van der Waals surface area contributed by atoms with Crippen LogP contribution in [0.4, 0.5) is 0 Å². The minimum atomic E-state index is -3.03. The molecule has 5 N–H and O–H groups in total. The first-order valence-corrected chi connectivity index (χ1v) is 17.0. The number of hydrogen-bond acceptors (Lipinski definition) is 8. The highest BCUT2D eigenvalue weighted by Gasteiger charge is 2.49. The first kappa shape index (κ1) is 40.6. The van der Waals surface area contributed by atoms with Gasteiger partial charge in [0.15, 0.2) is 5.60 Å². The Morgan fingerprint density at radius 3 is 2.10 bits per heavy atom. The highest BCUT2D eigenvalue weighted by atomic mass is 16.5. The molecule has 2 aromatic rings. The number of ether oxygens (including phenoxy) is 1. The third-order valence-corrected chi connectivity index (χ3v) is 8.16. The molecule has 3 atom stereocenters. The number of ketones is 1. The zero-order chi connectivity index (χ0) is 36.1. The number of aliphatic hydroxyl groups is 1. The fourth-order valence-corrected chi connectivity index (χ4v) is 5.30. The van der Waals surface area contributed by atoms with Crippen molar-refractivity contribution in [2.45, 2.75) is 115 Å². The molecule has 12 heteroatoms. The number of pyridine rings is 1. The Morgan fingerprint density at radius 1 is 0.878 bits per heavy atom.